The molecular formula is C35H62N10O12S. The molecule has 1 rings (SSSR count). The Morgan fingerprint density at radius 1 is 0.707 bits per heavy atom. The van der Waals surface area contributed by atoms with Crippen molar-refractivity contribution >= 4 is 65.9 Å². The summed E-state index contributed by atoms with van der Waals surface area (Å²) in [7, 11) is 0. The van der Waals surface area contributed by atoms with E-state index in [4.69, 9.17) is 16.6 Å². The molecule has 0 saturated carbocycles. The number of carboxylic acids is 1. The van der Waals surface area contributed by atoms with Crippen LogP contribution in [0, 0.1) is 5.92 Å². The predicted molar refractivity (Wildman–Crippen MR) is 211 cm³/mol. The van der Waals surface area contributed by atoms with Gasteiger partial charge in [-0.2, -0.15) is 12.6 Å². The molecule has 0 aromatic carbocycles. The van der Waals surface area contributed by atoms with Crippen molar-refractivity contribution in [2.24, 2.45) is 17.4 Å². The summed E-state index contributed by atoms with van der Waals surface area (Å²) in [5.41, 5.74) is 11.3. The minimum absolute atomic E-state index is 0.0688. The molecule has 8 amide bonds. The summed E-state index contributed by atoms with van der Waals surface area (Å²) < 4.78 is 0. The molecule has 330 valence electrons. The fourth-order valence-electron chi connectivity index (χ4n) is 5.74. The highest BCUT2D eigenvalue weighted by Crippen LogP contribution is 2.18. The Morgan fingerprint density at radius 2 is 1.22 bits per heavy atom. The van der Waals surface area contributed by atoms with Gasteiger partial charge < -0.3 is 68.9 Å². The van der Waals surface area contributed by atoms with Crippen molar-refractivity contribution in [3.8, 4) is 0 Å². The molecule has 23 heteroatoms. The Kier molecular flexibility index (Phi) is 22.8. The minimum Gasteiger partial charge on any atom is -0.480 e. The average molecular weight is 847 g/mol. The molecule has 0 aliphatic carbocycles. The number of amides is 8. The molecule has 1 aliphatic heterocycles. The van der Waals surface area contributed by atoms with Crippen LogP contribution in [0.3, 0.4) is 0 Å². The van der Waals surface area contributed by atoms with Gasteiger partial charge in [-0.15, -0.1) is 0 Å². The number of nitrogens with zero attached hydrogens (tertiary/aromatic N) is 1. The number of hydrogen-bond acceptors (Lipinski definition) is 14. The second kappa shape index (κ2) is 25.7. The standard InChI is InChI=1S/C35H62N10O12S/c1-6-17(2)26(33(54)40-21(10-7-8-12-36)29(50)38-19(4)27(48)42-23(15-47)35(56)57)44-30(51)22(14-46)41-31(52)24(16-58)43-28(49)20(5)39-32(53)25-11-9-13-45(25)34(55)18(3)37/h17-26,46-47,58H,6-16,36-37H2,1-5H3,(H,38,50)(H,39,53)(H,40,54)(H,41,52)(H,42,48)(H,43,49)(H,44,51)(H,56,57)/t17-,18-,19-,20-,21-,22-,23-,24-,25-,26-/m0/s1. The van der Waals surface area contributed by atoms with Crippen LogP contribution < -0.4 is 48.7 Å². The van der Waals surface area contributed by atoms with Crippen molar-refractivity contribution in [1.29, 1.82) is 0 Å². The van der Waals surface area contributed by atoms with Gasteiger partial charge in [0, 0.05) is 12.3 Å². The highest BCUT2D eigenvalue weighted by molar-refractivity contribution is 7.80. The molecule has 22 nitrogen and oxygen atoms in total. The third kappa shape index (κ3) is 16.0. The van der Waals surface area contributed by atoms with Gasteiger partial charge in [0.2, 0.25) is 47.3 Å². The van der Waals surface area contributed by atoms with Crippen molar-refractivity contribution in [3.05, 3.63) is 0 Å². The monoisotopic (exact) mass is 846 g/mol. The molecule has 1 aliphatic rings. The van der Waals surface area contributed by atoms with E-state index in [0.29, 0.717) is 38.6 Å². The number of nitrogens with two attached hydrogens (primary N) is 2. The van der Waals surface area contributed by atoms with Crippen LogP contribution in [0.25, 0.3) is 0 Å². The van der Waals surface area contributed by atoms with Gasteiger partial charge in [-0.1, -0.05) is 20.3 Å². The number of rotatable bonds is 25. The number of thiol groups is 1. The van der Waals surface area contributed by atoms with Crippen LogP contribution in [-0.2, 0) is 43.2 Å². The van der Waals surface area contributed by atoms with E-state index in [1.807, 2.05) is 0 Å². The molecule has 0 unspecified atom stereocenters. The van der Waals surface area contributed by atoms with Crippen molar-refractivity contribution in [1.82, 2.24) is 42.1 Å². The minimum atomic E-state index is -1.62. The Balaban J connectivity index is 3.02. The molecule has 14 N–H and O–H groups in total. The van der Waals surface area contributed by atoms with Crippen LogP contribution in [-0.4, -0.2) is 160 Å². The first-order valence-electron chi connectivity index (χ1n) is 19.2. The Hall–Kier alpha value is -4.58. The second-order valence-corrected chi connectivity index (χ2v) is 14.6. The van der Waals surface area contributed by atoms with Gasteiger partial charge in [-0.05, 0) is 65.3 Å². The smallest absolute Gasteiger partial charge is 0.328 e. The third-order valence-corrected chi connectivity index (χ3v) is 9.90. The molecule has 0 aromatic heterocycles. The van der Waals surface area contributed by atoms with Crippen molar-refractivity contribution in [2.75, 3.05) is 32.1 Å². The fraction of sp³-hybridized carbons (Fsp3) is 0.743. The number of carbonyl (C=O) groups excluding carboxylic acids is 8. The predicted octanol–water partition coefficient (Wildman–Crippen LogP) is -5.07. The van der Waals surface area contributed by atoms with Gasteiger partial charge in [0.1, 0.15) is 48.3 Å². The lowest BCUT2D eigenvalue weighted by Gasteiger charge is -2.29. The van der Waals surface area contributed by atoms with Gasteiger partial charge >= 0.3 is 5.97 Å². The van der Waals surface area contributed by atoms with Gasteiger partial charge in [0.05, 0.1) is 19.3 Å². The van der Waals surface area contributed by atoms with Gasteiger partial charge in [0.25, 0.3) is 0 Å². The second-order valence-electron chi connectivity index (χ2n) is 14.2. The van der Waals surface area contributed by atoms with Crippen molar-refractivity contribution < 1.29 is 58.5 Å². The third-order valence-electron chi connectivity index (χ3n) is 9.53. The van der Waals surface area contributed by atoms with Crippen LogP contribution in [0.2, 0.25) is 0 Å². The largest absolute Gasteiger partial charge is 0.480 e. The number of unbranched alkanes of at least 4 members (excludes halogenated alkanes) is 1. The first-order valence-corrected chi connectivity index (χ1v) is 19.8. The summed E-state index contributed by atoms with van der Waals surface area (Å²) in [5.74, 6) is -8.47. The number of aliphatic hydroxyl groups is 2. The van der Waals surface area contributed by atoms with Crippen molar-refractivity contribution in [2.45, 2.75) is 128 Å². The summed E-state index contributed by atoms with van der Waals surface area (Å²) in [6, 6.07) is -11.2. The Bertz CT molecular complexity index is 1460. The summed E-state index contributed by atoms with van der Waals surface area (Å²) in [4.78, 5) is 117. The number of aliphatic carboxylic acids is 1. The summed E-state index contributed by atoms with van der Waals surface area (Å²) in [5, 5.41) is 45.3. The van der Waals surface area contributed by atoms with E-state index >= 15 is 0 Å². The van der Waals surface area contributed by atoms with E-state index in [2.05, 4.69) is 49.8 Å². The number of carboxylic acid groups (broad SMARTS) is 1. The molecule has 0 radical (unpaired) electrons. The number of hydrogen-bond donors (Lipinski definition) is 13. The zero-order valence-corrected chi connectivity index (χ0v) is 34.5. The van der Waals surface area contributed by atoms with E-state index in [1.54, 1.807) is 13.8 Å². The molecule has 10 atom stereocenters. The molecule has 1 saturated heterocycles. The van der Waals surface area contributed by atoms with Crippen LogP contribution >= 0.6 is 12.6 Å². The quantitative estimate of drug-likeness (QED) is 0.0302. The van der Waals surface area contributed by atoms with E-state index in [-0.39, 0.29) is 18.7 Å². The first-order chi connectivity index (χ1) is 27.3. The highest BCUT2D eigenvalue weighted by atomic mass is 32.1. The van der Waals surface area contributed by atoms with Crippen molar-refractivity contribution in [3.63, 3.8) is 0 Å². The van der Waals surface area contributed by atoms with Crippen LogP contribution in [0.4, 0.5) is 0 Å². The van der Waals surface area contributed by atoms with E-state index in [1.165, 1.54) is 25.7 Å². The average Bonchev–Trinajstić information content (AvgIpc) is 3.68. The maximum Gasteiger partial charge on any atom is 0.328 e. The Labute approximate surface area is 342 Å². The number of carbonyl (C=O) groups is 9. The number of aliphatic hydroxyl groups excluding tert-OH is 2. The molecule has 58 heavy (non-hydrogen) atoms. The molecule has 0 spiro atoms. The number of likely N-dealkylation sites (tertiary alicyclic amines) is 1. The molecular weight excluding hydrogens is 785 g/mol. The fourth-order valence-corrected chi connectivity index (χ4v) is 5.99. The maximum absolute atomic E-state index is 13.7. The lowest BCUT2D eigenvalue weighted by molar-refractivity contribution is -0.143. The van der Waals surface area contributed by atoms with Crippen LogP contribution in [0.5, 0.6) is 0 Å². The van der Waals surface area contributed by atoms with Gasteiger partial charge in [-0.3, -0.25) is 38.4 Å². The Morgan fingerprint density at radius 3 is 1.74 bits per heavy atom. The van der Waals surface area contributed by atoms with E-state index in [9.17, 15) is 53.4 Å². The van der Waals surface area contributed by atoms with E-state index in [0.717, 1.165) is 0 Å². The van der Waals surface area contributed by atoms with Crippen LogP contribution in [0.1, 0.15) is 73.1 Å². The topological polar surface area (TPSA) is 354 Å². The van der Waals surface area contributed by atoms with Gasteiger partial charge in [0.15, 0.2) is 0 Å². The zero-order valence-electron chi connectivity index (χ0n) is 33.6. The summed E-state index contributed by atoms with van der Waals surface area (Å²) in [6.45, 7) is 6.32. The highest BCUT2D eigenvalue weighted by Gasteiger charge is 2.37. The lowest BCUT2D eigenvalue weighted by atomic mass is 9.97. The molecule has 1 fully saturated rings. The van der Waals surface area contributed by atoms with Crippen LogP contribution in [0.15, 0.2) is 0 Å². The molecule has 0 bridgehead atoms. The lowest BCUT2D eigenvalue weighted by Crippen LogP contribution is -2.61. The summed E-state index contributed by atoms with van der Waals surface area (Å²) in [6.07, 6.45) is 2.23. The normalized spacial score (nSPS) is 18.4. The first kappa shape index (κ1) is 51.4. The number of nitrogens with one attached hydrogen (secondary N) is 7. The molecule has 1 heterocycles. The zero-order chi connectivity index (χ0) is 44.3. The SMILES string of the molecule is CC[C@H](C)[C@H](NC(=O)[C@H](CO)NC(=O)[C@H](CS)NC(=O)[C@H](C)NC(=O)[C@@H]1CCCN1C(=O)[C@H](C)N)C(=O)N[C@@H](CCCCN)C(=O)N[C@@H](C)C(=O)N[C@@H](CO)C(=O)O. The van der Waals surface area contributed by atoms with E-state index < -0.39 is 127 Å². The van der Waals surface area contributed by atoms with Gasteiger partial charge in [-0.25, -0.2) is 4.79 Å². The molecule has 0 aromatic rings. The summed E-state index contributed by atoms with van der Waals surface area (Å²) >= 11 is 4.12. The maximum atomic E-state index is 13.7.